The van der Waals surface area contributed by atoms with Crippen LogP contribution in [0.3, 0.4) is 0 Å². The van der Waals surface area contributed by atoms with Crippen LogP contribution >= 0.6 is 24.0 Å². The molecule has 7 nitrogen and oxygen atoms in total. The van der Waals surface area contributed by atoms with Crippen LogP contribution in [0.25, 0.3) is 0 Å². The summed E-state index contributed by atoms with van der Waals surface area (Å²) in [5.74, 6) is 1.07. The highest BCUT2D eigenvalue weighted by Crippen LogP contribution is 2.12. The summed E-state index contributed by atoms with van der Waals surface area (Å²) in [5.41, 5.74) is -0.425. The minimum atomic E-state index is -0.425. The fourth-order valence-electron chi connectivity index (χ4n) is 3.31. The van der Waals surface area contributed by atoms with E-state index in [0.29, 0.717) is 0 Å². The molecule has 0 saturated carbocycles. The molecule has 0 bridgehead atoms. The number of ether oxygens (including phenoxy) is 1. The summed E-state index contributed by atoms with van der Waals surface area (Å²) in [5, 5.41) is 3.40. The summed E-state index contributed by atoms with van der Waals surface area (Å²) in [6, 6.07) is 0. The third kappa shape index (κ3) is 8.85. The van der Waals surface area contributed by atoms with Gasteiger partial charge in [-0.1, -0.05) is 0 Å². The van der Waals surface area contributed by atoms with Gasteiger partial charge in [0, 0.05) is 58.9 Å². The van der Waals surface area contributed by atoms with E-state index in [1.807, 2.05) is 25.7 Å². The molecule has 0 radical (unpaired) electrons. The van der Waals surface area contributed by atoms with Crippen LogP contribution in [0.2, 0.25) is 0 Å². The predicted molar refractivity (Wildman–Crippen MR) is 121 cm³/mol. The smallest absolute Gasteiger partial charge is 0.410 e. The molecule has 1 amide bonds. The molecule has 0 atom stereocenters. The third-order valence-electron chi connectivity index (χ3n) is 4.66. The Morgan fingerprint density at radius 3 is 2.22 bits per heavy atom. The number of piperazine rings is 1. The second-order valence-electron chi connectivity index (χ2n) is 8.09. The maximum absolute atomic E-state index is 12.1. The molecule has 0 unspecified atom stereocenters. The highest BCUT2D eigenvalue weighted by molar-refractivity contribution is 14.0. The van der Waals surface area contributed by atoms with E-state index in [2.05, 4.69) is 22.0 Å². The van der Waals surface area contributed by atoms with Crippen LogP contribution in [-0.4, -0.2) is 91.3 Å². The quantitative estimate of drug-likeness (QED) is 0.275. The number of aliphatic imine (C=N–C) groups is 1. The average molecular weight is 495 g/mol. The number of rotatable bonds is 5. The molecular formula is C19H38IN5O2. The number of hydrogen-bond acceptors (Lipinski definition) is 4. The van der Waals surface area contributed by atoms with Crippen LogP contribution in [0.4, 0.5) is 4.79 Å². The largest absolute Gasteiger partial charge is 0.444 e. The summed E-state index contributed by atoms with van der Waals surface area (Å²) in [6.45, 7) is 16.2. The fourth-order valence-corrected chi connectivity index (χ4v) is 3.31. The zero-order valence-electron chi connectivity index (χ0n) is 17.5. The maximum atomic E-state index is 12.1. The minimum Gasteiger partial charge on any atom is -0.444 e. The Labute approximate surface area is 181 Å². The number of nitrogens with one attached hydrogen (secondary N) is 1. The van der Waals surface area contributed by atoms with E-state index in [1.54, 1.807) is 0 Å². The predicted octanol–water partition coefficient (Wildman–Crippen LogP) is 2.61. The molecule has 0 aromatic carbocycles. The minimum absolute atomic E-state index is 0. The number of likely N-dealkylation sites (tertiary alicyclic amines) is 1. The highest BCUT2D eigenvalue weighted by Gasteiger charge is 2.25. The van der Waals surface area contributed by atoms with Gasteiger partial charge in [-0.25, -0.2) is 4.79 Å². The number of carbonyl (C=O) groups excluding carboxylic acids is 1. The molecule has 2 aliphatic rings. The number of amides is 1. The molecule has 27 heavy (non-hydrogen) atoms. The first-order valence-corrected chi connectivity index (χ1v) is 10.1. The lowest BCUT2D eigenvalue weighted by atomic mass is 10.2. The van der Waals surface area contributed by atoms with Crippen LogP contribution < -0.4 is 5.32 Å². The molecular weight excluding hydrogens is 457 g/mol. The van der Waals surface area contributed by atoms with E-state index in [9.17, 15) is 4.79 Å². The van der Waals surface area contributed by atoms with E-state index >= 15 is 0 Å². The van der Waals surface area contributed by atoms with Crippen molar-refractivity contribution in [2.45, 2.75) is 52.6 Å². The monoisotopic (exact) mass is 495 g/mol. The van der Waals surface area contributed by atoms with Crippen LogP contribution in [0.1, 0.15) is 47.0 Å². The van der Waals surface area contributed by atoms with Gasteiger partial charge >= 0.3 is 6.09 Å². The molecule has 1 N–H and O–H groups in total. The summed E-state index contributed by atoms with van der Waals surface area (Å²) in [4.78, 5) is 23.5. The van der Waals surface area contributed by atoms with Gasteiger partial charge < -0.3 is 19.9 Å². The first kappa shape index (κ1) is 24.3. The normalized spacial score (nSPS) is 19.0. The molecule has 2 rings (SSSR count). The van der Waals surface area contributed by atoms with Gasteiger partial charge in [0.2, 0.25) is 0 Å². The number of carbonyl (C=O) groups is 1. The number of halogens is 1. The summed E-state index contributed by atoms with van der Waals surface area (Å²) < 4.78 is 5.45. The Morgan fingerprint density at radius 2 is 1.67 bits per heavy atom. The Balaban J connectivity index is 0.00000364. The number of guanidine groups is 1. The van der Waals surface area contributed by atoms with Gasteiger partial charge in [0.25, 0.3) is 0 Å². The lowest BCUT2D eigenvalue weighted by molar-refractivity contribution is 0.0145. The summed E-state index contributed by atoms with van der Waals surface area (Å²) >= 11 is 0. The van der Waals surface area contributed by atoms with Gasteiger partial charge in [0.15, 0.2) is 5.96 Å². The van der Waals surface area contributed by atoms with E-state index in [4.69, 9.17) is 9.73 Å². The second kappa shape index (κ2) is 11.9. The zero-order valence-corrected chi connectivity index (χ0v) is 19.8. The van der Waals surface area contributed by atoms with E-state index in [-0.39, 0.29) is 30.1 Å². The topological polar surface area (TPSA) is 60.4 Å². The van der Waals surface area contributed by atoms with Gasteiger partial charge in [-0.05, 0) is 47.0 Å². The Bertz CT molecular complexity index is 467. The van der Waals surface area contributed by atoms with Crippen LogP contribution in [0, 0.1) is 0 Å². The van der Waals surface area contributed by atoms with Gasteiger partial charge in [-0.2, -0.15) is 0 Å². The first-order valence-electron chi connectivity index (χ1n) is 10.1. The molecule has 0 aromatic heterocycles. The van der Waals surface area contributed by atoms with Crippen molar-refractivity contribution in [2.24, 2.45) is 4.99 Å². The van der Waals surface area contributed by atoms with Crippen molar-refractivity contribution >= 4 is 36.0 Å². The van der Waals surface area contributed by atoms with Crippen LogP contribution in [0.5, 0.6) is 0 Å². The maximum Gasteiger partial charge on any atom is 0.410 e. The molecule has 2 heterocycles. The van der Waals surface area contributed by atoms with E-state index in [1.165, 1.54) is 12.8 Å². The average Bonchev–Trinajstić information content (AvgIpc) is 3.11. The lowest BCUT2D eigenvalue weighted by Crippen LogP contribution is -2.50. The second-order valence-corrected chi connectivity index (χ2v) is 8.09. The third-order valence-corrected chi connectivity index (χ3v) is 4.66. The number of hydrogen-bond donors (Lipinski definition) is 1. The van der Waals surface area contributed by atoms with E-state index < -0.39 is 5.60 Å². The standard InChI is InChI=1S/C19H37N5O2.HI/c1-5-20-17(23-11-6-7-12-23)21-9-8-10-22-13-15-24(16-14-22)18(25)26-19(2,3)4;/h5-16H2,1-4H3,(H,20,21);1H. The SMILES string of the molecule is CCNC(=NCCCN1CCN(C(=O)OC(C)(C)C)CC1)N1CCCC1.I. The van der Waals surface area contributed by atoms with Crippen molar-refractivity contribution in [1.29, 1.82) is 0 Å². The van der Waals surface area contributed by atoms with Gasteiger partial charge in [-0.3, -0.25) is 9.89 Å². The molecule has 0 aromatic rings. The van der Waals surface area contributed by atoms with Crippen molar-refractivity contribution in [3.8, 4) is 0 Å². The Kier molecular flexibility index (Phi) is 10.7. The van der Waals surface area contributed by atoms with Crippen molar-refractivity contribution in [3.63, 3.8) is 0 Å². The molecule has 2 aliphatic heterocycles. The molecule has 2 saturated heterocycles. The van der Waals surface area contributed by atoms with Crippen molar-refractivity contribution in [2.75, 3.05) is 58.9 Å². The molecule has 158 valence electrons. The molecule has 8 heteroatoms. The summed E-state index contributed by atoms with van der Waals surface area (Å²) in [6.07, 6.45) is 3.40. The Hall–Kier alpha value is -0.770. The molecule has 0 aliphatic carbocycles. The molecule has 2 fully saturated rings. The summed E-state index contributed by atoms with van der Waals surface area (Å²) in [7, 11) is 0. The zero-order chi connectivity index (χ0) is 19.0. The van der Waals surface area contributed by atoms with Gasteiger partial charge in [0.1, 0.15) is 5.60 Å². The Morgan fingerprint density at radius 1 is 1.04 bits per heavy atom. The number of nitrogens with zero attached hydrogens (tertiary/aromatic N) is 4. The fraction of sp³-hybridized carbons (Fsp3) is 0.895. The van der Waals surface area contributed by atoms with Gasteiger partial charge in [-0.15, -0.1) is 24.0 Å². The van der Waals surface area contributed by atoms with Crippen LogP contribution in [-0.2, 0) is 4.74 Å². The van der Waals surface area contributed by atoms with Crippen LogP contribution in [0.15, 0.2) is 4.99 Å². The van der Waals surface area contributed by atoms with Crippen molar-refractivity contribution in [1.82, 2.24) is 20.0 Å². The molecule has 0 spiro atoms. The first-order chi connectivity index (χ1) is 12.4. The highest BCUT2D eigenvalue weighted by atomic mass is 127. The van der Waals surface area contributed by atoms with Crippen molar-refractivity contribution in [3.05, 3.63) is 0 Å². The van der Waals surface area contributed by atoms with E-state index in [0.717, 1.165) is 71.3 Å². The van der Waals surface area contributed by atoms with Gasteiger partial charge in [0.05, 0.1) is 0 Å². The lowest BCUT2D eigenvalue weighted by Gasteiger charge is -2.35. The van der Waals surface area contributed by atoms with Crippen molar-refractivity contribution < 1.29 is 9.53 Å².